The molecule has 1 atom stereocenters. The van der Waals surface area contributed by atoms with E-state index in [1.807, 2.05) is 5.38 Å². The van der Waals surface area contributed by atoms with Crippen LogP contribution in [0, 0.1) is 0 Å². The molecule has 4 nitrogen and oxygen atoms in total. The smallest absolute Gasteiger partial charge is 0.348 e. The molecule has 16 heavy (non-hydrogen) atoms. The van der Waals surface area contributed by atoms with Crippen molar-refractivity contribution in [1.29, 1.82) is 0 Å². The van der Waals surface area contributed by atoms with Crippen LogP contribution in [0.3, 0.4) is 0 Å². The Labute approximate surface area is 97.9 Å². The van der Waals surface area contributed by atoms with Gasteiger partial charge in [-0.25, -0.2) is 4.79 Å². The van der Waals surface area contributed by atoms with E-state index in [9.17, 15) is 4.79 Å². The third-order valence-electron chi connectivity index (χ3n) is 3.42. The third-order valence-corrected chi connectivity index (χ3v) is 4.37. The molecular weight excluding hydrogens is 224 g/mol. The van der Waals surface area contributed by atoms with Gasteiger partial charge in [0.25, 0.3) is 0 Å². The quantitative estimate of drug-likeness (QED) is 0.787. The summed E-state index contributed by atoms with van der Waals surface area (Å²) in [7, 11) is 0. The fraction of sp³-hybridized carbons (Fsp3) is 0.545. The van der Waals surface area contributed by atoms with Gasteiger partial charge in [0, 0.05) is 24.5 Å². The first-order chi connectivity index (χ1) is 7.77. The maximum absolute atomic E-state index is 11.0. The number of hydrogen-bond acceptors (Lipinski definition) is 4. The molecule has 3 heterocycles. The number of nitrogens with zero attached hydrogens (tertiary/aromatic N) is 1. The Hall–Kier alpha value is -1.23. The summed E-state index contributed by atoms with van der Waals surface area (Å²) in [5, 5.41) is 14.3. The molecule has 1 fully saturated rings. The Bertz CT molecular complexity index is 430. The first-order valence-corrected chi connectivity index (χ1v) is 6.50. The zero-order valence-electron chi connectivity index (χ0n) is 8.90. The topological polar surface area (TPSA) is 52.6 Å². The predicted octanol–water partition coefficient (Wildman–Crippen LogP) is 2.23. The van der Waals surface area contributed by atoms with Crippen LogP contribution in [-0.4, -0.2) is 30.2 Å². The lowest BCUT2D eigenvalue weighted by Gasteiger charge is -2.41. The molecule has 1 saturated heterocycles. The number of carboxylic acids is 1. The van der Waals surface area contributed by atoms with Gasteiger partial charge in [-0.05, 0) is 19.3 Å². The Morgan fingerprint density at radius 1 is 1.56 bits per heavy atom. The van der Waals surface area contributed by atoms with Crippen LogP contribution in [0.5, 0.6) is 0 Å². The van der Waals surface area contributed by atoms with Crippen molar-refractivity contribution in [1.82, 2.24) is 0 Å². The lowest BCUT2D eigenvalue weighted by Crippen LogP contribution is -2.46. The summed E-state index contributed by atoms with van der Waals surface area (Å²) in [6, 6.07) is 0.553. The van der Waals surface area contributed by atoms with Gasteiger partial charge in [-0.1, -0.05) is 0 Å². The summed E-state index contributed by atoms with van der Waals surface area (Å²) in [4.78, 5) is 13.9. The monoisotopic (exact) mass is 238 g/mol. The van der Waals surface area contributed by atoms with E-state index < -0.39 is 5.97 Å². The van der Waals surface area contributed by atoms with Gasteiger partial charge in [0.2, 0.25) is 0 Å². The summed E-state index contributed by atoms with van der Waals surface area (Å²) in [5.74, 6) is -0.825. The molecule has 1 aromatic heterocycles. The maximum Gasteiger partial charge on any atom is 0.348 e. The molecule has 1 unspecified atom stereocenters. The van der Waals surface area contributed by atoms with Gasteiger partial charge in [-0.3, -0.25) is 0 Å². The number of aromatic carboxylic acids is 1. The van der Waals surface area contributed by atoms with E-state index in [4.69, 9.17) is 5.11 Å². The molecule has 0 spiro atoms. The second kappa shape index (κ2) is 3.66. The number of fused-ring (bicyclic) bond motifs is 3. The molecular formula is C11H14N2O2S. The summed E-state index contributed by atoms with van der Waals surface area (Å²) in [6.07, 6.45) is 3.72. The van der Waals surface area contributed by atoms with Crippen LogP contribution in [0.25, 0.3) is 0 Å². The molecule has 1 aromatic rings. The average Bonchev–Trinajstić information content (AvgIpc) is 2.73. The average molecular weight is 238 g/mol. The van der Waals surface area contributed by atoms with E-state index in [1.54, 1.807) is 0 Å². The van der Waals surface area contributed by atoms with Crippen molar-refractivity contribution in [3.63, 3.8) is 0 Å². The summed E-state index contributed by atoms with van der Waals surface area (Å²) < 4.78 is 0. The van der Waals surface area contributed by atoms with Crippen molar-refractivity contribution in [2.45, 2.75) is 25.3 Å². The SMILES string of the molecule is O=C(O)c1scc2c1NCC1CCCCN21. The molecule has 0 aromatic carbocycles. The Morgan fingerprint density at radius 2 is 2.44 bits per heavy atom. The predicted molar refractivity (Wildman–Crippen MR) is 64.8 cm³/mol. The molecule has 0 aliphatic carbocycles. The zero-order chi connectivity index (χ0) is 11.1. The number of piperidine rings is 1. The van der Waals surface area contributed by atoms with Gasteiger partial charge in [0.05, 0.1) is 11.4 Å². The van der Waals surface area contributed by atoms with E-state index in [2.05, 4.69) is 10.2 Å². The molecule has 0 bridgehead atoms. The van der Waals surface area contributed by atoms with Gasteiger partial charge in [0.15, 0.2) is 0 Å². The van der Waals surface area contributed by atoms with Crippen LogP contribution < -0.4 is 10.2 Å². The summed E-state index contributed by atoms with van der Waals surface area (Å²) >= 11 is 1.33. The molecule has 3 rings (SSSR count). The largest absolute Gasteiger partial charge is 0.477 e. The summed E-state index contributed by atoms with van der Waals surface area (Å²) in [6.45, 7) is 1.94. The van der Waals surface area contributed by atoms with Crippen molar-refractivity contribution in [3.05, 3.63) is 10.3 Å². The fourth-order valence-corrected chi connectivity index (χ4v) is 3.52. The van der Waals surface area contributed by atoms with Gasteiger partial charge in [-0.15, -0.1) is 11.3 Å². The highest BCUT2D eigenvalue weighted by Crippen LogP contribution is 2.41. The van der Waals surface area contributed by atoms with Gasteiger partial charge in [-0.2, -0.15) is 0 Å². The fourth-order valence-electron chi connectivity index (χ4n) is 2.64. The third kappa shape index (κ3) is 1.38. The van der Waals surface area contributed by atoms with Crippen LogP contribution in [0.15, 0.2) is 5.38 Å². The molecule has 0 saturated carbocycles. The number of nitrogens with one attached hydrogen (secondary N) is 1. The highest BCUT2D eigenvalue weighted by atomic mass is 32.1. The Kier molecular flexibility index (Phi) is 2.28. The number of rotatable bonds is 1. The normalized spacial score (nSPS) is 23.2. The van der Waals surface area contributed by atoms with Crippen LogP contribution in [0.2, 0.25) is 0 Å². The van der Waals surface area contributed by atoms with Gasteiger partial charge < -0.3 is 15.3 Å². The molecule has 2 aliphatic rings. The van der Waals surface area contributed by atoms with Crippen molar-refractivity contribution < 1.29 is 9.90 Å². The Morgan fingerprint density at radius 3 is 3.25 bits per heavy atom. The number of anilines is 2. The van der Waals surface area contributed by atoms with E-state index in [-0.39, 0.29) is 0 Å². The summed E-state index contributed by atoms with van der Waals surface area (Å²) in [5.41, 5.74) is 1.93. The number of hydrogen-bond donors (Lipinski definition) is 2. The number of carbonyl (C=O) groups is 1. The minimum atomic E-state index is -0.825. The van der Waals surface area contributed by atoms with Gasteiger partial charge in [0.1, 0.15) is 4.88 Å². The van der Waals surface area contributed by atoms with E-state index in [1.165, 1.54) is 30.6 Å². The second-order valence-corrected chi connectivity index (χ2v) is 5.23. The van der Waals surface area contributed by atoms with Crippen molar-refractivity contribution >= 4 is 28.7 Å². The minimum absolute atomic E-state index is 0.444. The van der Waals surface area contributed by atoms with Crippen LogP contribution in [0.1, 0.15) is 28.9 Å². The highest BCUT2D eigenvalue weighted by molar-refractivity contribution is 7.13. The zero-order valence-corrected chi connectivity index (χ0v) is 9.72. The molecule has 2 aliphatic heterocycles. The molecule has 86 valence electrons. The molecule has 0 amide bonds. The molecule has 2 N–H and O–H groups in total. The van der Waals surface area contributed by atoms with Crippen molar-refractivity contribution in [2.75, 3.05) is 23.3 Å². The van der Waals surface area contributed by atoms with Gasteiger partial charge >= 0.3 is 5.97 Å². The number of carboxylic acid groups (broad SMARTS) is 1. The van der Waals surface area contributed by atoms with E-state index in [0.29, 0.717) is 10.9 Å². The minimum Gasteiger partial charge on any atom is -0.477 e. The highest BCUT2D eigenvalue weighted by Gasteiger charge is 2.31. The molecule has 5 heteroatoms. The second-order valence-electron chi connectivity index (χ2n) is 4.35. The maximum atomic E-state index is 11.0. The molecule has 0 radical (unpaired) electrons. The lowest BCUT2D eigenvalue weighted by atomic mass is 9.99. The van der Waals surface area contributed by atoms with E-state index >= 15 is 0 Å². The Balaban J connectivity index is 2.00. The van der Waals surface area contributed by atoms with E-state index in [0.717, 1.165) is 24.5 Å². The van der Waals surface area contributed by atoms with Crippen molar-refractivity contribution in [2.24, 2.45) is 0 Å². The number of thiophene rings is 1. The van der Waals surface area contributed by atoms with Crippen LogP contribution >= 0.6 is 11.3 Å². The van der Waals surface area contributed by atoms with Crippen LogP contribution in [0.4, 0.5) is 11.4 Å². The first-order valence-electron chi connectivity index (χ1n) is 5.62. The standard InChI is InChI=1S/C11H14N2O2S/c14-11(15)10-9-8(6-16-10)13-4-2-1-3-7(13)5-12-9/h6-7,12H,1-5H2,(H,14,15). The van der Waals surface area contributed by atoms with Crippen molar-refractivity contribution in [3.8, 4) is 0 Å². The van der Waals surface area contributed by atoms with Crippen LogP contribution in [-0.2, 0) is 0 Å². The lowest BCUT2D eigenvalue weighted by molar-refractivity contribution is 0.0703. The first kappa shape index (κ1) is 9.96.